The average Bonchev–Trinajstić information content (AvgIpc) is 3.18. The minimum absolute atomic E-state index is 0. The molecular formula is C33H53N2NaO26. The molecule has 0 spiro atoms. The van der Waals surface area contributed by atoms with E-state index in [0.29, 0.717) is 0 Å². The number of aliphatic hydroxyl groups is 12. The molecule has 0 radical (unpaired) electrons. The van der Waals surface area contributed by atoms with Crippen molar-refractivity contribution in [1.82, 2.24) is 10.6 Å². The Morgan fingerprint density at radius 3 is 1.95 bits per heavy atom. The average molecular weight is 917 g/mol. The molecule has 2 amide bonds. The van der Waals surface area contributed by atoms with Crippen molar-refractivity contribution in [3.63, 3.8) is 0 Å². The van der Waals surface area contributed by atoms with Gasteiger partial charge in [-0.25, -0.2) is 9.59 Å². The number of alkyl carbamates (subject to hydrolysis) is 1. The van der Waals surface area contributed by atoms with Gasteiger partial charge in [-0.05, 0) is 20.8 Å². The maximum absolute atomic E-state index is 12.6. The van der Waals surface area contributed by atoms with E-state index in [1.165, 1.54) is 20.8 Å². The fraction of sp³-hybridized carbons (Fsp3) is 0.879. The minimum atomic E-state index is -3.30. The largest absolute Gasteiger partial charge is 1.00 e. The summed E-state index contributed by atoms with van der Waals surface area (Å²) in [6, 6.07) is -1.64. The van der Waals surface area contributed by atoms with Crippen molar-refractivity contribution in [3.8, 4) is 0 Å². The van der Waals surface area contributed by atoms with Crippen LogP contribution in [0.5, 0.6) is 0 Å². The molecule has 0 saturated carbocycles. The zero-order chi connectivity index (χ0) is 45.9. The number of carbonyl (C=O) groups is 4. The molecule has 4 saturated heterocycles. The predicted molar refractivity (Wildman–Crippen MR) is 183 cm³/mol. The van der Waals surface area contributed by atoms with Gasteiger partial charge in [0.15, 0.2) is 30.6 Å². The second-order valence-corrected chi connectivity index (χ2v) is 15.6. The molecule has 352 valence electrons. The van der Waals surface area contributed by atoms with Gasteiger partial charge in [0.05, 0.1) is 38.9 Å². The minimum Gasteiger partial charge on any atom is -0.548 e. The smallest absolute Gasteiger partial charge is 0.548 e. The number of aliphatic hydroxyl groups excluding tert-OH is 11. The Morgan fingerprint density at radius 1 is 0.774 bits per heavy atom. The van der Waals surface area contributed by atoms with Gasteiger partial charge in [-0.15, -0.1) is 0 Å². The van der Waals surface area contributed by atoms with Crippen molar-refractivity contribution in [2.24, 2.45) is 0 Å². The SMILES string of the molecule is CC(C)(C)OC(=O)N[C@@H](CO[C@@H]1OC[C@@H](O[C@@H]2O[C@H](CO)[C@H](O)[C@H](O[C@@H]3O[C@H](CO)[C@H](O)[C@@](O)([C@@H]4O[C@H](C(=O)O)[C@@H](O)[C@H](O)[C@H]4O)[C@H]3O)[C@H]2O)[C@H](O)[C@H]1O)C(=O)NCC(=O)[O-].[Na+]. The van der Waals surface area contributed by atoms with Gasteiger partial charge >= 0.3 is 41.6 Å². The fourth-order valence-electron chi connectivity index (χ4n) is 6.86. The number of rotatable bonds is 15. The van der Waals surface area contributed by atoms with Gasteiger partial charge in [0.25, 0.3) is 0 Å². The number of carbonyl (C=O) groups excluding carboxylic acids is 3. The molecule has 0 aromatic rings. The molecule has 0 aromatic heterocycles. The van der Waals surface area contributed by atoms with Gasteiger partial charge < -0.3 is 125 Å². The second-order valence-electron chi connectivity index (χ2n) is 15.6. The van der Waals surface area contributed by atoms with E-state index < -0.39 is 185 Å². The molecule has 29 heteroatoms. The van der Waals surface area contributed by atoms with Crippen molar-refractivity contribution < 1.29 is 158 Å². The summed E-state index contributed by atoms with van der Waals surface area (Å²) in [6.45, 7) is -0.0301. The van der Waals surface area contributed by atoms with E-state index >= 15 is 0 Å². The Balaban J connectivity index is 0.0000102. The monoisotopic (exact) mass is 916 g/mol. The van der Waals surface area contributed by atoms with Crippen LogP contribution in [0.15, 0.2) is 0 Å². The third kappa shape index (κ3) is 12.2. The first-order valence-electron chi connectivity index (χ1n) is 18.6. The Bertz CT molecular complexity index is 1510. The molecule has 28 nitrogen and oxygen atoms in total. The summed E-state index contributed by atoms with van der Waals surface area (Å²) in [6.07, 6.45) is -39.7. The first-order chi connectivity index (χ1) is 28.4. The van der Waals surface area contributed by atoms with Crippen LogP contribution in [0.3, 0.4) is 0 Å². The summed E-state index contributed by atoms with van der Waals surface area (Å²) in [5.74, 6) is -4.64. The zero-order valence-corrected chi connectivity index (χ0v) is 35.6. The zero-order valence-electron chi connectivity index (χ0n) is 33.6. The fourth-order valence-corrected chi connectivity index (χ4v) is 6.86. The first kappa shape index (κ1) is 54.3. The van der Waals surface area contributed by atoms with E-state index in [4.69, 9.17) is 37.9 Å². The molecule has 4 fully saturated rings. The normalized spacial score (nSPS) is 41.9. The Morgan fingerprint density at radius 2 is 1.39 bits per heavy atom. The van der Waals surface area contributed by atoms with Gasteiger partial charge in [0, 0.05) is 0 Å². The van der Waals surface area contributed by atoms with Crippen LogP contribution in [-0.2, 0) is 52.3 Å². The van der Waals surface area contributed by atoms with Crippen molar-refractivity contribution in [1.29, 1.82) is 0 Å². The molecule has 4 aliphatic rings. The number of ether oxygens (including phenoxy) is 8. The molecule has 15 N–H and O–H groups in total. The number of amides is 2. The number of carboxylic acid groups (broad SMARTS) is 2. The van der Waals surface area contributed by atoms with Crippen LogP contribution in [-0.4, -0.2) is 251 Å². The van der Waals surface area contributed by atoms with Gasteiger partial charge in [0.2, 0.25) is 5.91 Å². The van der Waals surface area contributed by atoms with Crippen LogP contribution in [0, 0.1) is 0 Å². The Labute approximate surface area is 373 Å². The Hall–Kier alpha value is -2.08. The van der Waals surface area contributed by atoms with Gasteiger partial charge in [-0.2, -0.15) is 0 Å². The van der Waals surface area contributed by atoms with Crippen LogP contribution in [0.2, 0.25) is 0 Å². The molecule has 0 aliphatic carbocycles. The summed E-state index contributed by atoms with van der Waals surface area (Å²) in [7, 11) is 0. The summed E-state index contributed by atoms with van der Waals surface area (Å²) in [5, 5.41) is 154. The van der Waals surface area contributed by atoms with Crippen LogP contribution in [0.4, 0.5) is 4.79 Å². The summed E-state index contributed by atoms with van der Waals surface area (Å²) in [5.41, 5.74) is -4.32. The number of hydrogen-bond acceptors (Lipinski definition) is 25. The predicted octanol–water partition coefficient (Wildman–Crippen LogP) is -13.8. The molecule has 4 heterocycles. The molecule has 62 heavy (non-hydrogen) atoms. The van der Waals surface area contributed by atoms with Crippen LogP contribution >= 0.6 is 0 Å². The molecule has 0 bridgehead atoms. The maximum Gasteiger partial charge on any atom is 1.00 e. The summed E-state index contributed by atoms with van der Waals surface area (Å²) >= 11 is 0. The van der Waals surface area contributed by atoms with Crippen LogP contribution in [0.25, 0.3) is 0 Å². The van der Waals surface area contributed by atoms with Crippen molar-refractivity contribution in [3.05, 3.63) is 0 Å². The summed E-state index contributed by atoms with van der Waals surface area (Å²) < 4.78 is 43.1. The van der Waals surface area contributed by atoms with Crippen molar-refractivity contribution in [2.45, 2.75) is 148 Å². The molecule has 4 aliphatic heterocycles. The Kier molecular flexibility index (Phi) is 19.6. The van der Waals surface area contributed by atoms with E-state index in [-0.39, 0.29) is 29.6 Å². The quantitative estimate of drug-likeness (QED) is 0.0678. The molecule has 4 rings (SSSR count). The second kappa shape index (κ2) is 22.4. The number of aliphatic carboxylic acids is 2. The van der Waals surface area contributed by atoms with E-state index in [9.17, 15) is 90.7 Å². The van der Waals surface area contributed by atoms with E-state index in [0.717, 1.165) is 0 Å². The van der Waals surface area contributed by atoms with Gasteiger partial charge in [-0.1, -0.05) is 0 Å². The first-order valence-corrected chi connectivity index (χ1v) is 18.6. The number of carboxylic acids is 2. The van der Waals surface area contributed by atoms with Crippen molar-refractivity contribution >= 4 is 23.9 Å². The third-order valence-electron chi connectivity index (χ3n) is 10.1. The maximum atomic E-state index is 12.6. The molecular weight excluding hydrogens is 863 g/mol. The van der Waals surface area contributed by atoms with Crippen LogP contribution in [0.1, 0.15) is 20.8 Å². The van der Waals surface area contributed by atoms with Gasteiger partial charge in [-0.3, -0.25) is 4.79 Å². The van der Waals surface area contributed by atoms with E-state index in [1.54, 1.807) is 0 Å². The number of nitrogens with one attached hydrogen (secondary N) is 2. The summed E-state index contributed by atoms with van der Waals surface area (Å²) in [4.78, 5) is 47.6. The number of hydrogen-bond donors (Lipinski definition) is 15. The molecule has 0 unspecified atom stereocenters. The topological polar surface area (TPSA) is 452 Å². The van der Waals surface area contributed by atoms with Crippen LogP contribution < -0.4 is 45.3 Å². The molecule has 20 atom stereocenters. The van der Waals surface area contributed by atoms with Gasteiger partial charge in [0.1, 0.15) is 97.1 Å². The van der Waals surface area contributed by atoms with E-state index in [2.05, 4.69) is 5.32 Å². The standard InChI is InChI=1S/C33H54N2O26.Na/c1-32(2,3)61-31(52)35-9(26(49)34-4-13(38)39)7-54-28-19(45)14(40)12(8-55-28)58-29-20(46)21(15(41)10(5-36)56-29)60-30-24(48)33(53,23(47)11(6-37)57-30)25-18(44)16(42)17(43)22(59-25)27(50)51;/h9-12,14-25,28-30,36-37,40-48,53H,4-8H2,1-3H3,(H,34,49)(H,35,52)(H,38,39)(H,50,51);/q;+1/p-1/t9-,10+,11+,12+,14-,15-,16-,17-,18+,19+,20+,21-,22-,23-,24-,25+,28+,29-,30-,33-;/m0./s1. The molecule has 0 aromatic carbocycles. The third-order valence-corrected chi connectivity index (χ3v) is 10.1. The van der Waals surface area contributed by atoms with Crippen molar-refractivity contribution in [2.75, 3.05) is 33.0 Å². The van der Waals surface area contributed by atoms with E-state index in [1.807, 2.05) is 5.32 Å².